The summed E-state index contributed by atoms with van der Waals surface area (Å²) in [7, 11) is 1.69. The molecule has 0 saturated carbocycles. The Morgan fingerprint density at radius 1 is 1.21 bits per heavy atom. The van der Waals surface area contributed by atoms with Crippen molar-refractivity contribution in [1.29, 1.82) is 0 Å². The number of hydrogen-bond donors (Lipinski definition) is 0. The number of unbranched alkanes of at least 4 members (excludes halogenated alkanes) is 1. The number of pyridine rings is 1. The van der Waals surface area contributed by atoms with Crippen molar-refractivity contribution in [3.63, 3.8) is 0 Å². The van der Waals surface area contributed by atoms with Gasteiger partial charge in [0.15, 0.2) is 11.5 Å². The number of allylic oxidation sites excluding steroid dienone is 1. The van der Waals surface area contributed by atoms with E-state index in [0.717, 1.165) is 37.3 Å². The number of likely N-dealkylation sites (tertiary alicyclic amines) is 1. The van der Waals surface area contributed by atoms with Gasteiger partial charge in [-0.25, -0.2) is 0 Å². The van der Waals surface area contributed by atoms with Crippen LogP contribution in [0.5, 0.6) is 11.5 Å². The molecule has 1 aliphatic heterocycles. The molecule has 2 heterocycles. The monoisotopic (exact) mass is 380 g/mol. The first-order valence-electron chi connectivity index (χ1n) is 10.4. The number of benzene rings is 1. The van der Waals surface area contributed by atoms with Crippen LogP contribution in [0.4, 0.5) is 0 Å². The van der Waals surface area contributed by atoms with Gasteiger partial charge < -0.3 is 9.47 Å². The highest BCUT2D eigenvalue weighted by atomic mass is 16.5. The number of hydrogen-bond acceptors (Lipinski definition) is 4. The van der Waals surface area contributed by atoms with Gasteiger partial charge in [-0.15, -0.1) is 6.58 Å². The van der Waals surface area contributed by atoms with Crippen molar-refractivity contribution >= 4 is 0 Å². The average Bonchev–Trinajstić information content (AvgIpc) is 2.75. The molecular formula is C24H32N2O2. The molecule has 0 amide bonds. The molecule has 4 nitrogen and oxygen atoms in total. The SMILES string of the molecule is C=CCc1ccc(OCCCCN2CCCC[C@@H]2c2cccnc2)c(OC)c1. The minimum Gasteiger partial charge on any atom is -0.493 e. The largest absolute Gasteiger partial charge is 0.493 e. The number of methoxy groups -OCH3 is 1. The zero-order valence-electron chi connectivity index (χ0n) is 17.0. The van der Waals surface area contributed by atoms with E-state index >= 15 is 0 Å². The van der Waals surface area contributed by atoms with E-state index in [2.05, 4.69) is 28.6 Å². The normalized spacial score (nSPS) is 17.2. The first kappa shape index (κ1) is 20.4. The van der Waals surface area contributed by atoms with Gasteiger partial charge in [0.05, 0.1) is 13.7 Å². The molecule has 3 rings (SSSR count). The lowest BCUT2D eigenvalue weighted by molar-refractivity contribution is 0.142. The maximum Gasteiger partial charge on any atom is 0.161 e. The number of rotatable bonds is 10. The fourth-order valence-electron chi connectivity index (χ4n) is 3.93. The minimum absolute atomic E-state index is 0.515. The molecule has 1 saturated heterocycles. The smallest absolute Gasteiger partial charge is 0.161 e. The molecule has 4 heteroatoms. The second-order valence-electron chi connectivity index (χ2n) is 7.37. The van der Waals surface area contributed by atoms with E-state index < -0.39 is 0 Å². The Bertz CT molecular complexity index is 733. The lowest BCUT2D eigenvalue weighted by Crippen LogP contribution is -2.34. The fraction of sp³-hybridized carbons (Fsp3) is 0.458. The van der Waals surface area contributed by atoms with Crippen molar-refractivity contribution < 1.29 is 9.47 Å². The summed E-state index contributed by atoms with van der Waals surface area (Å²) >= 11 is 0. The van der Waals surface area contributed by atoms with Crippen LogP contribution in [0.1, 0.15) is 49.3 Å². The molecule has 1 aromatic heterocycles. The molecule has 1 aromatic carbocycles. The summed E-state index contributed by atoms with van der Waals surface area (Å²) in [4.78, 5) is 6.92. The van der Waals surface area contributed by atoms with Crippen molar-refractivity contribution in [3.8, 4) is 11.5 Å². The van der Waals surface area contributed by atoms with Crippen LogP contribution in [0.3, 0.4) is 0 Å². The molecular weight excluding hydrogens is 348 g/mol. The number of aromatic nitrogens is 1. The maximum atomic E-state index is 5.98. The van der Waals surface area contributed by atoms with Gasteiger partial charge in [0.1, 0.15) is 0 Å². The molecule has 0 unspecified atom stereocenters. The van der Waals surface area contributed by atoms with E-state index in [0.29, 0.717) is 12.6 Å². The van der Waals surface area contributed by atoms with Gasteiger partial charge in [-0.05, 0) is 74.5 Å². The van der Waals surface area contributed by atoms with Crippen molar-refractivity contribution in [3.05, 3.63) is 66.5 Å². The van der Waals surface area contributed by atoms with E-state index in [-0.39, 0.29) is 0 Å². The molecule has 0 spiro atoms. The highest BCUT2D eigenvalue weighted by Crippen LogP contribution is 2.31. The Morgan fingerprint density at radius 3 is 2.93 bits per heavy atom. The van der Waals surface area contributed by atoms with E-state index in [1.54, 1.807) is 7.11 Å². The molecule has 1 fully saturated rings. The first-order valence-corrected chi connectivity index (χ1v) is 10.4. The predicted molar refractivity (Wildman–Crippen MR) is 114 cm³/mol. The summed E-state index contributed by atoms with van der Waals surface area (Å²) in [6.45, 7) is 6.79. The predicted octanol–water partition coefficient (Wildman–Crippen LogP) is 5.20. The molecule has 150 valence electrons. The molecule has 28 heavy (non-hydrogen) atoms. The third kappa shape index (κ3) is 5.59. The fourth-order valence-corrected chi connectivity index (χ4v) is 3.93. The van der Waals surface area contributed by atoms with Crippen LogP contribution >= 0.6 is 0 Å². The average molecular weight is 381 g/mol. The molecule has 2 aromatic rings. The number of ether oxygens (including phenoxy) is 2. The van der Waals surface area contributed by atoms with Crippen molar-refractivity contribution in [2.45, 2.75) is 44.6 Å². The van der Waals surface area contributed by atoms with Crippen LogP contribution < -0.4 is 9.47 Å². The maximum absolute atomic E-state index is 5.98. The molecule has 0 bridgehead atoms. The number of nitrogens with zero attached hydrogens (tertiary/aromatic N) is 2. The Kier molecular flexibility index (Phi) is 7.92. The zero-order chi connectivity index (χ0) is 19.6. The molecule has 1 aliphatic rings. The van der Waals surface area contributed by atoms with E-state index in [9.17, 15) is 0 Å². The molecule has 0 aliphatic carbocycles. The third-order valence-corrected chi connectivity index (χ3v) is 5.39. The van der Waals surface area contributed by atoms with Crippen LogP contribution in [0.15, 0.2) is 55.4 Å². The zero-order valence-corrected chi connectivity index (χ0v) is 17.0. The van der Waals surface area contributed by atoms with E-state index in [1.807, 2.05) is 36.7 Å². The lowest BCUT2D eigenvalue weighted by Gasteiger charge is -2.35. The van der Waals surface area contributed by atoms with Gasteiger partial charge in [0.25, 0.3) is 0 Å². The van der Waals surface area contributed by atoms with E-state index in [1.165, 1.54) is 36.9 Å². The summed E-state index contributed by atoms with van der Waals surface area (Å²) < 4.78 is 11.5. The van der Waals surface area contributed by atoms with Crippen LogP contribution in [-0.2, 0) is 6.42 Å². The van der Waals surface area contributed by atoms with Crippen LogP contribution in [0, 0.1) is 0 Å². The van der Waals surface area contributed by atoms with Crippen LogP contribution in [0.2, 0.25) is 0 Å². The highest BCUT2D eigenvalue weighted by molar-refractivity contribution is 5.43. The highest BCUT2D eigenvalue weighted by Gasteiger charge is 2.23. The Hall–Kier alpha value is -2.33. The van der Waals surface area contributed by atoms with Gasteiger partial charge in [-0.1, -0.05) is 24.6 Å². The number of piperidine rings is 1. The first-order chi connectivity index (χ1) is 13.8. The third-order valence-electron chi connectivity index (χ3n) is 5.39. The van der Waals surface area contributed by atoms with Crippen molar-refractivity contribution in [1.82, 2.24) is 9.88 Å². The lowest BCUT2D eigenvalue weighted by atomic mass is 9.96. The van der Waals surface area contributed by atoms with E-state index in [4.69, 9.17) is 9.47 Å². The quantitative estimate of drug-likeness (QED) is 0.419. The van der Waals surface area contributed by atoms with Crippen molar-refractivity contribution in [2.24, 2.45) is 0 Å². The van der Waals surface area contributed by atoms with Gasteiger partial charge in [-0.2, -0.15) is 0 Å². The van der Waals surface area contributed by atoms with Gasteiger partial charge >= 0.3 is 0 Å². The Morgan fingerprint density at radius 2 is 2.14 bits per heavy atom. The molecule has 0 N–H and O–H groups in total. The van der Waals surface area contributed by atoms with Gasteiger partial charge in [0, 0.05) is 18.4 Å². The summed E-state index contributed by atoms with van der Waals surface area (Å²) in [6, 6.07) is 10.9. The Labute approximate surface area is 169 Å². The second kappa shape index (κ2) is 10.9. The second-order valence-corrected chi connectivity index (χ2v) is 7.37. The van der Waals surface area contributed by atoms with Crippen LogP contribution in [-0.4, -0.2) is 36.7 Å². The van der Waals surface area contributed by atoms with Crippen LogP contribution in [0.25, 0.3) is 0 Å². The molecule has 0 radical (unpaired) electrons. The Balaban J connectivity index is 1.46. The van der Waals surface area contributed by atoms with Gasteiger partial charge in [-0.3, -0.25) is 9.88 Å². The minimum atomic E-state index is 0.515. The topological polar surface area (TPSA) is 34.6 Å². The summed E-state index contributed by atoms with van der Waals surface area (Å²) in [6.07, 6.45) is 12.6. The summed E-state index contributed by atoms with van der Waals surface area (Å²) in [5, 5.41) is 0. The standard InChI is InChI=1S/C24H32N2O2/c1-3-9-20-12-13-23(24(18-20)27-2)28-17-7-6-16-26-15-5-4-11-22(26)21-10-8-14-25-19-21/h3,8,10,12-14,18-19,22H,1,4-7,9,11,15-17H2,2H3/t22-/m1/s1. The van der Waals surface area contributed by atoms with Gasteiger partial charge in [0.2, 0.25) is 0 Å². The summed E-state index contributed by atoms with van der Waals surface area (Å²) in [5.74, 6) is 1.62. The van der Waals surface area contributed by atoms with Crippen molar-refractivity contribution in [2.75, 3.05) is 26.8 Å². The molecule has 1 atom stereocenters. The summed E-state index contributed by atoms with van der Waals surface area (Å²) in [5.41, 5.74) is 2.54.